The predicted molar refractivity (Wildman–Crippen MR) is 80.5 cm³/mol. The van der Waals surface area contributed by atoms with Gasteiger partial charge in [0, 0.05) is 6.04 Å². The average molecular weight is 278 g/mol. The zero-order valence-electron chi connectivity index (χ0n) is 11.9. The molecule has 0 bridgehead atoms. The van der Waals surface area contributed by atoms with Gasteiger partial charge in [-0.2, -0.15) is 0 Å². The molecule has 0 saturated heterocycles. The van der Waals surface area contributed by atoms with E-state index >= 15 is 0 Å². The summed E-state index contributed by atoms with van der Waals surface area (Å²) in [7, 11) is 0. The summed E-state index contributed by atoms with van der Waals surface area (Å²) < 4.78 is 0. The Morgan fingerprint density at radius 2 is 2.00 bits per heavy atom. The summed E-state index contributed by atoms with van der Waals surface area (Å²) >= 11 is 0. The molecule has 1 fully saturated rings. The number of rotatable bonds is 4. The summed E-state index contributed by atoms with van der Waals surface area (Å²) in [5.41, 5.74) is 3.28. The number of hydrazine groups is 1. The molecule has 0 radical (unpaired) electrons. The molecule has 1 aromatic carbocycles. The van der Waals surface area contributed by atoms with E-state index in [1.807, 2.05) is 0 Å². The molecule has 0 aromatic heterocycles. The van der Waals surface area contributed by atoms with Crippen LogP contribution in [-0.4, -0.2) is 11.0 Å². The lowest BCUT2D eigenvalue weighted by atomic mass is 9.78. The maximum absolute atomic E-state index is 11.3. The Morgan fingerprint density at radius 1 is 1.30 bits per heavy atom. The molecule has 1 aliphatic rings. The monoisotopic (exact) mass is 278 g/mol. The Hall–Kier alpha value is -1.82. The van der Waals surface area contributed by atoms with Crippen LogP contribution in [0.4, 0.5) is 17.1 Å². The van der Waals surface area contributed by atoms with Crippen molar-refractivity contribution in [2.75, 3.05) is 10.7 Å². The van der Waals surface area contributed by atoms with Crippen molar-refractivity contribution in [3.05, 3.63) is 28.3 Å². The molecule has 2 rings (SSSR count). The lowest BCUT2D eigenvalue weighted by Crippen LogP contribution is -2.35. The minimum Gasteiger partial charge on any atom is -0.376 e. The first-order valence-corrected chi connectivity index (χ1v) is 7.05. The van der Waals surface area contributed by atoms with Gasteiger partial charge in [-0.3, -0.25) is 16.0 Å². The highest BCUT2D eigenvalue weighted by Crippen LogP contribution is 2.36. The van der Waals surface area contributed by atoms with E-state index in [0.29, 0.717) is 23.2 Å². The summed E-state index contributed by atoms with van der Waals surface area (Å²) in [5.74, 6) is 6.49. The number of nitro benzene ring substituents is 1. The van der Waals surface area contributed by atoms with Crippen molar-refractivity contribution < 1.29 is 4.92 Å². The first-order chi connectivity index (χ1) is 9.54. The number of nitrogen functional groups attached to an aromatic ring is 1. The molecule has 6 nitrogen and oxygen atoms in total. The summed E-state index contributed by atoms with van der Waals surface area (Å²) in [6.07, 6.45) is 3.43. The van der Waals surface area contributed by atoms with Gasteiger partial charge in [-0.05, 0) is 30.4 Å². The molecule has 6 heteroatoms. The third-order valence-corrected chi connectivity index (χ3v) is 4.42. The molecule has 0 amide bonds. The highest BCUT2D eigenvalue weighted by atomic mass is 16.6. The maximum Gasteiger partial charge on any atom is 0.316 e. The van der Waals surface area contributed by atoms with Crippen LogP contribution in [0.3, 0.4) is 0 Å². The summed E-state index contributed by atoms with van der Waals surface area (Å²) in [5, 5.41) is 14.6. The second-order valence-corrected chi connectivity index (χ2v) is 5.62. The normalized spacial score (nSPS) is 26.1. The van der Waals surface area contributed by atoms with E-state index in [0.717, 1.165) is 12.8 Å². The molecule has 0 spiro atoms. The van der Waals surface area contributed by atoms with Gasteiger partial charge in [-0.15, -0.1) is 0 Å². The smallest absolute Gasteiger partial charge is 0.316 e. The SMILES string of the molecule is CC1CCCC(Nc2cccc(NN)c2[N+](=O)[O-])C1C. The second kappa shape index (κ2) is 6.09. The van der Waals surface area contributed by atoms with Crippen molar-refractivity contribution in [2.45, 2.75) is 39.2 Å². The van der Waals surface area contributed by atoms with E-state index in [-0.39, 0.29) is 11.7 Å². The van der Waals surface area contributed by atoms with Crippen LogP contribution in [0.2, 0.25) is 0 Å². The molecule has 3 atom stereocenters. The van der Waals surface area contributed by atoms with E-state index in [9.17, 15) is 10.1 Å². The molecule has 110 valence electrons. The molecule has 4 N–H and O–H groups in total. The van der Waals surface area contributed by atoms with Crippen molar-refractivity contribution in [1.82, 2.24) is 0 Å². The summed E-state index contributed by atoms with van der Waals surface area (Å²) in [6.45, 7) is 4.45. The lowest BCUT2D eigenvalue weighted by molar-refractivity contribution is -0.383. The Kier molecular flexibility index (Phi) is 4.44. The molecule has 20 heavy (non-hydrogen) atoms. The molecule has 0 heterocycles. The Morgan fingerprint density at radius 3 is 2.65 bits per heavy atom. The summed E-state index contributed by atoms with van der Waals surface area (Å²) in [4.78, 5) is 10.9. The number of nitrogens with zero attached hydrogens (tertiary/aromatic N) is 1. The van der Waals surface area contributed by atoms with Crippen LogP contribution in [-0.2, 0) is 0 Å². The van der Waals surface area contributed by atoms with Crippen LogP contribution in [0, 0.1) is 22.0 Å². The number of benzene rings is 1. The molecule has 0 aliphatic heterocycles. The molecule has 3 unspecified atom stereocenters. The molecule has 1 aliphatic carbocycles. The first-order valence-electron chi connectivity index (χ1n) is 7.05. The number of nitrogens with two attached hydrogens (primary N) is 1. The average Bonchev–Trinajstić information content (AvgIpc) is 2.43. The fraction of sp³-hybridized carbons (Fsp3) is 0.571. The zero-order chi connectivity index (χ0) is 14.7. The maximum atomic E-state index is 11.3. The minimum atomic E-state index is -0.394. The second-order valence-electron chi connectivity index (χ2n) is 5.62. The zero-order valence-corrected chi connectivity index (χ0v) is 11.9. The number of hydrogen-bond acceptors (Lipinski definition) is 5. The molecule has 1 aromatic rings. The van der Waals surface area contributed by atoms with Crippen LogP contribution in [0.5, 0.6) is 0 Å². The highest BCUT2D eigenvalue weighted by Gasteiger charge is 2.29. The number of hydrogen-bond donors (Lipinski definition) is 3. The first kappa shape index (κ1) is 14.6. The van der Waals surface area contributed by atoms with Crippen molar-refractivity contribution in [3.8, 4) is 0 Å². The van der Waals surface area contributed by atoms with Crippen LogP contribution in [0.15, 0.2) is 18.2 Å². The third kappa shape index (κ3) is 2.85. The number of para-hydroxylation sites is 1. The van der Waals surface area contributed by atoms with Crippen LogP contribution < -0.4 is 16.6 Å². The highest BCUT2D eigenvalue weighted by molar-refractivity contribution is 5.76. The van der Waals surface area contributed by atoms with Crippen molar-refractivity contribution in [2.24, 2.45) is 17.7 Å². The third-order valence-electron chi connectivity index (χ3n) is 4.42. The van der Waals surface area contributed by atoms with Gasteiger partial charge in [-0.25, -0.2) is 0 Å². The molecular weight excluding hydrogens is 256 g/mol. The van der Waals surface area contributed by atoms with Gasteiger partial charge in [0.15, 0.2) is 0 Å². The van der Waals surface area contributed by atoms with Gasteiger partial charge < -0.3 is 10.7 Å². The Bertz CT molecular complexity index is 492. The van der Waals surface area contributed by atoms with Gasteiger partial charge in [-0.1, -0.05) is 32.8 Å². The van der Waals surface area contributed by atoms with Gasteiger partial charge >= 0.3 is 5.69 Å². The van der Waals surface area contributed by atoms with E-state index < -0.39 is 4.92 Å². The number of nitrogens with one attached hydrogen (secondary N) is 2. The standard InChI is InChI=1S/C14H22N4O2/c1-9-5-3-6-11(10(9)2)16-12-7-4-8-13(17-15)14(12)18(19)20/h4,7-11,16-17H,3,5-6,15H2,1-2H3. The quantitative estimate of drug-likeness (QED) is 0.447. The lowest BCUT2D eigenvalue weighted by Gasteiger charge is -2.35. The van der Waals surface area contributed by atoms with E-state index in [2.05, 4.69) is 24.6 Å². The largest absolute Gasteiger partial charge is 0.376 e. The van der Waals surface area contributed by atoms with Crippen molar-refractivity contribution >= 4 is 17.1 Å². The molecular formula is C14H22N4O2. The van der Waals surface area contributed by atoms with Crippen LogP contribution in [0.25, 0.3) is 0 Å². The number of anilines is 2. The van der Waals surface area contributed by atoms with Gasteiger partial charge in [0.1, 0.15) is 11.4 Å². The topological polar surface area (TPSA) is 93.2 Å². The van der Waals surface area contributed by atoms with E-state index in [1.165, 1.54) is 6.42 Å². The van der Waals surface area contributed by atoms with Crippen molar-refractivity contribution in [3.63, 3.8) is 0 Å². The Balaban J connectivity index is 2.27. The van der Waals surface area contributed by atoms with Crippen LogP contribution >= 0.6 is 0 Å². The number of nitro groups is 1. The summed E-state index contributed by atoms with van der Waals surface area (Å²) in [6, 6.07) is 5.38. The van der Waals surface area contributed by atoms with Gasteiger partial charge in [0.2, 0.25) is 0 Å². The molecule has 1 saturated carbocycles. The van der Waals surface area contributed by atoms with E-state index in [1.54, 1.807) is 18.2 Å². The Labute approximate surface area is 118 Å². The van der Waals surface area contributed by atoms with Crippen molar-refractivity contribution in [1.29, 1.82) is 0 Å². The fourth-order valence-electron chi connectivity index (χ4n) is 2.96. The van der Waals surface area contributed by atoms with Gasteiger partial charge in [0.25, 0.3) is 0 Å². The van der Waals surface area contributed by atoms with Gasteiger partial charge in [0.05, 0.1) is 4.92 Å². The minimum absolute atomic E-state index is 0.0143. The van der Waals surface area contributed by atoms with E-state index in [4.69, 9.17) is 5.84 Å². The predicted octanol–water partition coefficient (Wildman–Crippen LogP) is 3.12. The fourth-order valence-corrected chi connectivity index (χ4v) is 2.96. The van der Waals surface area contributed by atoms with Crippen LogP contribution in [0.1, 0.15) is 33.1 Å².